The number of hydrogen-bond acceptors (Lipinski definition) is 11. The summed E-state index contributed by atoms with van der Waals surface area (Å²) < 4.78 is 13.2. The summed E-state index contributed by atoms with van der Waals surface area (Å²) in [5.41, 5.74) is 16.7. The Bertz CT molecular complexity index is 4370. The Balaban J connectivity index is 0.973. The van der Waals surface area contributed by atoms with E-state index in [4.69, 9.17) is 14.5 Å². The molecule has 0 fully saturated rings. The number of pyridine rings is 5. The van der Waals surface area contributed by atoms with Crippen LogP contribution in [0.4, 0.5) is 34.1 Å². The van der Waals surface area contributed by atoms with E-state index in [0.717, 1.165) is 118 Å². The maximum Gasteiger partial charge on any atom is 0.229 e. The van der Waals surface area contributed by atoms with Crippen LogP contribution in [-0.2, 0) is 0 Å². The molecule has 13 aromatic rings. The first-order valence-corrected chi connectivity index (χ1v) is 28.1. The predicted molar refractivity (Wildman–Crippen MR) is 337 cm³/mol. The Morgan fingerprint density at radius 2 is 0.674 bits per heavy atom. The van der Waals surface area contributed by atoms with Crippen molar-refractivity contribution in [1.82, 2.24) is 24.9 Å². The number of para-hydroxylation sites is 10. The van der Waals surface area contributed by atoms with E-state index in [2.05, 4.69) is 151 Å². The van der Waals surface area contributed by atoms with E-state index in [1.807, 2.05) is 91.0 Å². The summed E-state index contributed by atoms with van der Waals surface area (Å²) in [4.78, 5) is 55.5. The van der Waals surface area contributed by atoms with Crippen molar-refractivity contribution < 1.29 is 19.1 Å². The summed E-state index contributed by atoms with van der Waals surface area (Å²) in [6.45, 7) is 0. The van der Waals surface area contributed by atoms with Crippen molar-refractivity contribution in [1.29, 1.82) is 0 Å². The minimum absolute atomic E-state index is 0.254. The normalized spacial score (nSPS) is 12.0. The van der Waals surface area contributed by atoms with Crippen LogP contribution in [-0.4, -0.2) is 36.5 Å². The van der Waals surface area contributed by atoms with Crippen LogP contribution >= 0.6 is 0 Å². The van der Waals surface area contributed by atoms with E-state index in [1.54, 1.807) is 73.3 Å². The standard InChI is InChI=1S/C75H47N7O4/c83-74(58-25-13-15-41-76-58)60-39-37-52(46-78-60)48-19-17-21-50(43-48)56-45-57(54-23-1-3-27-62(54)81-64-29-5-9-33-68(64)85-69-34-10-6-30-65(69)81)72(51-22-18-20-49(44-51)53-38-40-61(79-47-53)75(84)59-26-14-16-42-77-59)80-73(56)55-24-2-4-28-63(55)82-66-31-7-11-35-70(66)86-71-36-12-8-32-67(71)82/h1-47H. The lowest BCUT2D eigenvalue weighted by atomic mass is 9.89. The summed E-state index contributed by atoms with van der Waals surface area (Å²) in [5.74, 6) is 2.40. The number of hydrogen-bond donors (Lipinski definition) is 0. The number of fused-ring (bicyclic) bond motifs is 4. The second kappa shape index (κ2) is 21.7. The predicted octanol–water partition coefficient (Wildman–Crippen LogP) is 18.3. The molecule has 0 spiro atoms. The number of benzene rings is 8. The van der Waals surface area contributed by atoms with Crippen molar-refractivity contribution in [3.8, 4) is 90.0 Å². The third-order valence-electron chi connectivity index (χ3n) is 15.5. The van der Waals surface area contributed by atoms with Crippen LogP contribution in [0.25, 0.3) is 67.0 Å². The van der Waals surface area contributed by atoms with Crippen LogP contribution in [0.3, 0.4) is 0 Å². The molecule has 0 bridgehead atoms. The van der Waals surface area contributed by atoms with Gasteiger partial charge in [0.15, 0.2) is 23.0 Å². The molecule has 0 saturated carbocycles. The topological polar surface area (TPSA) is 124 Å². The van der Waals surface area contributed by atoms with Crippen molar-refractivity contribution in [3.05, 3.63) is 308 Å². The average molecular weight is 1110 g/mol. The van der Waals surface area contributed by atoms with Gasteiger partial charge in [0.25, 0.3) is 0 Å². The van der Waals surface area contributed by atoms with Crippen LogP contribution in [0.2, 0.25) is 0 Å². The SMILES string of the molecule is O=C(c1ccccn1)c1ccc(-c2cccc(-c3cc(-c4ccccc4N4c5ccccc5Oc5ccccc54)c(-c4cccc(-c5ccc(C(=O)c6ccccn6)nc5)c4)nc3-c3ccccc3N3c4ccccc4Oc4ccccc43)c2)cn1. The fourth-order valence-corrected chi connectivity index (χ4v) is 11.4. The second-order valence-corrected chi connectivity index (χ2v) is 20.7. The van der Waals surface area contributed by atoms with Gasteiger partial charge in [0.05, 0.1) is 45.5 Å². The number of nitrogens with zero attached hydrogens (tertiary/aromatic N) is 7. The van der Waals surface area contributed by atoms with Gasteiger partial charge in [0, 0.05) is 63.7 Å². The van der Waals surface area contributed by atoms with Gasteiger partial charge in [-0.05, 0) is 132 Å². The van der Waals surface area contributed by atoms with E-state index in [9.17, 15) is 9.59 Å². The molecule has 86 heavy (non-hydrogen) atoms. The van der Waals surface area contributed by atoms with Crippen LogP contribution < -0.4 is 19.3 Å². The van der Waals surface area contributed by atoms with Gasteiger partial charge in [-0.3, -0.25) is 29.5 Å². The van der Waals surface area contributed by atoms with Gasteiger partial charge in [-0.1, -0.05) is 146 Å². The number of ether oxygens (including phenoxy) is 2. The van der Waals surface area contributed by atoms with Gasteiger partial charge < -0.3 is 19.3 Å². The van der Waals surface area contributed by atoms with E-state index >= 15 is 0 Å². The molecule has 8 aromatic carbocycles. The quantitative estimate of drug-likeness (QED) is 0.109. The largest absolute Gasteiger partial charge is 0.453 e. The minimum Gasteiger partial charge on any atom is -0.453 e. The number of ketones is 2. The summed E-state index contributed by atoms with van der Waals surface area (Å²) in [7, 11) is 0. The highest BCUT2D eigenvalue weighted by Gasteiger charge is 2.32. The van der Waals surface area contributed by atoms with Gasteiger partial charge >= 0.3 is 0 Å². The maximum atomic E-state index is 13.5. The smallest absolute Gasteiger partial charge is 0.229 e. The van der Waals surface area contributed by atoms with E-state index in [1.165, 1.54) is 0 Å². The zero-order valence-electron chi connectivity index (χ0n) is 45.9. The fraction of sp³-hybridized carbons (Fsp3) is 0. The highest BCUT2D eigenvalue weighted by Crippen LogP contribution is 2.56. The lowest BCUT2D eigenvalue weighted by Crippen LogP contribution is -2.17. The third-order valence-corrected chi connectivity index (χ3v) is 15.5. The molecule has 0 unspecified atom stereocenters. The first-order chi connectivity index (χ1) is 42.5. The van der Waals surface area contributed by atoms with Crippen molar-refractivity contribution in [2.24, 2.45) is 0 Å². The Morgan fingerprint density at radius 3 is 1.14 bits per heavy atom. The molecule has 11 heteroatoms. The Labute approximate surface area is 495 Å². The van der Waals surface area contributed by atoms with Crippen LogP contribution in [0, 0.1) is 0 Å². The minimum atomic E-state index is -0.255. The molecule has 11 nitrogen and oxygen atoms in total. The molecule has 15 rings (SSSR count). The molecular weight excluding hydrogens is 1060 g/mol. The molecule has 2 aliphatic rings. The molecule has 0 radical (unpaired) electrons. The first kappa shape index (κ1) is 51.0. The molecular formula is C75H47N7O4. The molecule has 0 saturated heterocycles. The zero-order chi connectivity index (χ0) is 57.5. The average Bonchev–Trinajstić information content (AvgIpc) is 1.36. The number of carbonyl (C=O) groups excluding carboxylic acids is 2. The fourth-order valence-electron chi connectivity index (χ4n) is 11.4. The molecule has 0 N–H and O–H groups in total. The summed E-state index contributed by atoms with van der Waals surface area (Å²) >= 11 is 0. The molecule has 2 aliphatic heterocycles. The molecule has 406 valence electrons. The number of anilines is 6. The van der Waals surface area contributed by atoms with E-state index < -0.39 is 0 Å². The monoisotopic (exact) mass is 1110 g/mol. The molecule has 0 atom stereocenters. The highest BCUT2D eigenvalue weighted by molar-refractivity contribution is 6.07. The van der Waals surface area contributed by atoms with Gasteiger partial charge in [0.2, 0.25) is 11.6 Å². The van der Waals surface area contributed by atoms with Gasteiger partial charge in [0.1, 0.15) is 22.8 Å². The molecule has 7 heterocycles. The van der Waals surface area contributed by atoms with Crippen LogP contribution in [0.5, 0.6) is 23.0 Å². The van der Waals surface area contributed by atoms with Crippen LogP contribution in [0.1, 0.15) is 32.4 Å². The van der Waals surface area contributed by atoms with Crippen LogP contribution in [0.15, 0.2) is 286 Å². The summed E-state index contributed by atoms with van der Waals surface area (Å²) in [6.07, 6.45) is 6.70. The number of rotatable bonds is 12. The maximum absolute atomic E-state index is 13.5. The van der Waals surface area contributed by atoms with Crippen molar-refractivity contribution in [2.75, 3.05) is 9.80 Å². The van der Waals surface area contributed by atoms with Crippen molar-refractivity contribution in [2.45, 2.75) is 0 Å². The highest BCUT2D eigenvalue weighted by atomic mass is 16.5. The lowest BCUT2D eigenvalue weighted by molar-refractivity contribution is 0.102. The zero-order valence-corrected chi connectivity index (χ0v) is 45.9. The Kier molecular flexibility index (Phi) is 12.9. The first-order valence-electron chi connectivity index (χ1n) is 28.1. The van der Waals surface area contributed by atoms with Gasteiger partial charge in [-0.25, -0.2) is 4.98 Å². The van der Waals surface area contributed by atoms with Crippen molar-refractivity contribution in [3.63, 3.8) is 0 Å². The second-order valence-electron chi connectivity index (χ2n) is 20.7. The summed E-state index contributed by atoms with van der Waals surface area (Å²) in [5, 5.41) is 0. The van der Waals surface area contributed by atoms with Gasteiger partial charge in [-0.15, -0.1) is 0 Å². The Morgan fingerprint density at radius 1 is 0.279 bits per heavy atom. The number of carbonyl (C=O) groups is 2. The molecule has 0 amide bonds. The Hall–Kier alpha value is -12.0. The molecule has 0 aliphatic carbocycles. The number of aromatic nitrogens is 5. The lowest BCUT2D eigenvalue weighted by Gasteiger charge is -2.34. The summed E-state index contributed by atoms with van der Waals surface area (Å²) in [6, 6.07) is 86.2. The van der Waals surface area contributed by atoms with E-state index in [-0.39, 0.29) is 11.6 Å². The van der Waals surface area contributed by atoms with Crippen molar-refractivity contribution >= 4 is 45.7 Å². The van der Waals surface area contributed by atoms with Gasteiger partial charge in [-0.2, -0.15) is 0 Å². The molecule has 5 aromatic heterocycles. The third kappa shape index (κ3) is 9.27. The van der Waals surface area contributed by atoms with E-state index in [0.29, 0.717) is 28.5 Å².